The number of nitrogens with one attached hydrogen (secondary N) is 2. The van der Waals surface area contributed by atoms with E-state index in [0.29, 0.717) is 85.3 Å². The number of amides is 1. The minimum Gasteiger partial charge on any atom is -0.481 e. The summed E-state index contributed by atoms with van der Waals surface area (Å²) in [5, 5.41) is 16.4. The normalized spacial score (nSPS) is 19.8. The summed E-state index contributed by atoms with van der Waals surface area (Å²) in [5.74, 6) is 0.280. The molecule has 0 spiro atoms. The van der Waals surface area contributed by atoms with E-state index >= 15 is 0 Å². The van der Waals surface area contributed by atoms with Crippen molar-refractivity contribution in [1.82, 2.24) is 30.5 Å². The number of aryl methyl sites for hydroxylation is 1. The van der Waals surface area contributed by atoms with Crippen LogP contribution in [-0.2, 0) is 29.1 Å². The van der Waals surface area contributed by atoms with Crippen LogP contribution in [0.2, 0.25) is 5.02 Å². The summed E-state index contributed by atoms with van der Waals surface area (Å²) < 4.78 is 17.8. The van der Waals surface area contributed by atoms with Gasteiger partial charge in [0, 0.05) is 55.3 Å². The Hall–Kier alpha value is -4.78. The zero-order valence-electron chi connectivity index (χ0n) is 29.6. The monoisotopic (exact) mass is 726 g/mol. The van der Waals surface area contributed by atoms with Crippen molar-refractivity contribution >= 4 is 23.5 Å². The summed E-state index contributed by atoms with van der Waals surface area (Å²) in [4.78, 5) is 39.4. The molecule has 2 aromatic carbocycles. The Morgan fingerprint density at radius 3 is 2.50 bits per heavy atom. The van der Waals surface area contributed by atoms with Crippen LogP contribution in [0.25, 0.3) is 22.4 Å². The fourth-order valence-corrected chi connectivity index (χ4v) is 7.83. The first-order chi connectivity index (χ1) is 25.2. The van der Waals surface area contributed by atoms with Crippen LogP contribution in [0, 0.1) is 12.8 Å². The van der Waals surface area contributed by atoms with Crippen LogP contribution in [0.15, 0.2) is 48.5 Å². The van der Waals surface area contributed by atoms with Crippen molar-refractivity contribution in [2.24, 2.45) is 5.92 Å². The van der Waals surface area contributed by atoms with Gasteiger partial charge in [-0.25, -0.2) is 9.97 Å². The van der Waals surface area contributed by atoms with Gasteiger partial charge in [-0.1, -0.05) is 54.1 Å². The highest BCUT2D eigenvalue weighted by Gasteiger charge is 2.31. The standard InChI is InChI=1S/C39H43ClN6O6/c1-22-36(45-38(51-3)32(42-22)21-46-17-16-24(20-46)39(48)49)52-33-14-12-27-26(6-4-7-28(27)33)29-8-5-9-30(35(29)40)31-13-10-23(37(44-31)50-2)18-41-19-25-11-15-34(47)43-25/h4-10,13,24-25,33,41H,11-12,14-21H2,1-3H3,(H,43,47)(H,48,49)/t24-,25+,33+/m1/s1. The number of nitrogens with zero attached hydrogens (tertiary/aromatic N) is 4. The molecule has 7 rings (SSSR count). The van der Waals surface area contributed by atoms with Crippen LogP contribution < -0.4 is 24.8 Å². The first-order valence-electron chi connectivity index (χ1n) is 17.7. The molecule has 12 nitrogen and oxygen atoms in total. The molecule has 2 fully saturated rings. The van der Waals surface area contributed by atoms with Gasteiger partial charge in [0.1, 0.15) is 11.8 Å². The predicted octanol–water partition coefficient (Wildman–Crippen LogP) is 5.53. The molecule has 0 radical (unpaired) electrons. The van der Waals surface area contributed by atoms with E-state index in [1.54, 1.807) is 14.2 Å². The van der Waals surface area contributed by atoms with Crippen LogP contribution in [0.5, 0.6) is 17.6 Å². The van der Waals surface area contributed by atoms with Gasteiger partial charge in [0.25, 0.3) is 0 Å². The molecule has 3 atom stereocenters. The van der Waals surface area contributed by atoms with E-state index in [9.17, 15) is 14.7 Å². The minimum absolute atomic E-state index is 0.102. The molecule has 1 aliphatic carbocycles. The Morgan fingerprint density at radius 2 is 1.75 bits per heavy atom. The summed E-state index contributed by atoms with van der Waals surface area (Å²) in [6.07, 6.45) is 3.37. The first-order valence-corrected chi connectivity index (χ1v) is 18.1. The molecule has 52 heavy (non-hydrogen) atoms. The molecular formula is C39H43ClN6O6. The largest absolute Gasteiger partial charge is 0.481 e. The maximum absolute atomic E-state index is 11.5. The summed E-state index contributed by atoms with van der Waals surface area (Å²) in [7, 11) is 3.17. The van der Waals surface area contributed by atoms with E-state index in [1.807, 2.05) is 43.3 Å². The Morgan fingerprint density at radius 1 is 0.962 bits per heavy atom. The molecule has 2 aliphatic heterocycles. The van der Waals surface area contributed by atoms with Gasteiger partial charge in [-0.2, -0.15) is 4.98 Å². The molecule has 3 aliphatic rings. The molecule has 272 valence electrons. The molecule has 2 saturated heterocycles. The summed E-state index contributed by atoms with van der Waals surface area (Å²) in [6, 6.07) is 16.3. The van der Waals surface area contributed by atoms with E-state index in [4.69, 9.17) is 40.8 Å². The smallest absolute Gasteiger partial charge is 0.307 e. The second kappa shape index (κ2) is 15.4. The molecular weight excluding hydrogens is 684 g/mol. The number of benzene rings is 2. The maximum Gasteiger partial charge on any atom is 0.307 e. The zero-order valence-corrected chi connectivity index (χ0v) is 30.3. The third-order valence-corrected chi connectivity index (χ3v) is 10.6. The van der Waals surface area contributed by atoms with E-state index in [2.05, 4.69) is 27.7 Å². The summed E-state index contributed by atoms with van der Waals surface area (Å²) >= 11 is 7.18. The van der Waals surface area contributed by atoms with Crippen molar-refractivity contribution in [2.45, 2.75) is 64.3 Å². The topological polar surface area (TPSA) is 148 Å². The fraction of sp³-hybridized carbons (Fsp3) is 0.410. The van der Waals surface area contributed by atoms with Crippen molar-refractivity contribution in [3.63, 3.8) is 0 Å². The van der Waals surface area contributed by atoms with Gasteiger partial charge in [0.2, 0.25) is 23.5 Å². The highest BCUT2D eigenvalue weighted by molar-refractivity contribution is 6.36. The van der Waals surface area contributed by atoms with Crippen LogP contribution >= 0.6 is 11.6 Å². The number of likely N-dealkylation sites (tertiary alicyclic amines) is 1. The second-order valence-corrected chi connectivity index (χ2v) is 14.0. The van der Waals surface area contributed by atoms with Crippen molar-refractivity contribution in [2.75, 3.05) is 33.9 Å². The number of aliphatic carboxylic acids is 1. The molecule has 0 saturated carbocycles. The third-order valence-electron chi connectivity index (χ3n) is 10.2. The van der Waals surface area contributed by atoms with Gasteiger partial charge >= 0.3 is 5.97 Å². The lowest BCUT2D eigenvalue weighted by atomic mass is 9.94. The van der Waals surface area contributed by atoms with Crippen molar-refractivity contribution in [3.05, 3.63) is 81.6 Å². The van der Waals surface area contributed by atoms with Crippen LogP contribution in [0.1, 0.15) is 59.9 Å². The molecule has 0 bridgehead atoms. The lowest BCUT2D eigenvalue weighted by Gasteiger charge is -2.20. The number of carbonyl (C=O) groups is 2. The molecule has 3 N–H and O–H groups in total. The van der Waals surface area contributed by atoms with Gasteiger partial charge in [-0.3, -0.25) is 14.5 Å². The highest BCUT2D eigenvalue weighted by Crippen LogP contribution is 2.44. The SMILES string of the molecule is COc1nc(-c2cccc(-c3cccc4c3CC[C@@H]4Oc3nc(OC)c(CN4CC[C@@H](C(=O)O)C4)nc3C)c2Cl)ccc1CNC[C@@H]1CCC(=O)N1. The van der Waals surface area contributed by atoms with E-state index in [-0.39, 0.29) is 24.0 Å². The van der Waals surface area contributed by atoms with Crippen molar-refractivity contribution < 1.29 is 28.9 Å². The highest BCUT2D eigenvalue weighted by atomic mass is 35.5. The Bertz CT molecular complexity index is 1990. The molecule has 0 unspecified atom stereocenters. The van der Waals surface area contributed by atoms with E-state index < -0.39 is 5.97 Å². The van der Waals surface area contributed by atoms with Crippen LogP contribution in [0.4, 0.5) is 0 Å². The molecule has 2 aromatic heterocycles. The van der Waals surface area contributed by atoms with Gasteiger partial charge in [-0.15, -0.1) is 0 Å². The number of methoxy groups -OCH3 is 2. The summed E-state index contributed by atoms with van der Waals surface area (Å²) in [5.41, 5.74) is 7.96. The number of pyridine rings is 1. The molecule has 4 heterocycles. The number of carboxylic acids is 1. The number of halogens is 1. The predicted molar refractivity (Wildman–Crippen MR) is 196 cm³/mol. The van der Waals surface area contributed by atoms with Gasteiger partial charge < -0.3 is 30.0 Å². The van der Waals surface area contributed by atoms with Gasteiger partial charge in [0.05, 0.1) is 36.5 Å². The average Bonchev–Trinajstić information content (AvgIpc) is 3.90. The first kappa shape index (κ1) is 35.6. The fourth-order valence-electron chi connectivity index (χ4n) is 7.51. The number of fused-ring (bicyclic) bond motifs is 1. The number of carboxylic acid groups (broad SMARTS) is 1. The van der Waals surface area contributed by atoms with Gasteiger partial charge in [-0.05, 0) is 61.9 Å². The number of carbonyl (C=O) groups excluding carboxylic acids is 1. The van der Waals surface area contributed by atoms with Crippen molar-refractivity contribution in [1.29, 1.82) is 0 Å². The lowest BCUT2D eigenvalue weighted by Crippen LogP contribution is -2.35. The maximum atomic E-state index is 11.5. The number of aromatic nitrogens is 3. The zero-order chi connectivity index (χ0) is 36.4. The van der Waals surface area contributed by atoms with Gasteiger partial charge in [0.15, 0.2) is 0 Å². The van der Waals surface area contributed by atoms with E-state index in [1.165, 1.54) is 5.56 Å². The van der Waals surface area contributed by atoms with Crippen LogP contribution in [-0.4, -0.2) is 76.7 Å². The quantitative estimate of drug-likeness (QED) is 0.160. The molecule has 13 heteroatoms. The number of rotatable bonds is 13. The van der Waals surface area contributed by atoms with Crippen molar-refractivity contribution in [3.8, 4) is 40.0 Å². The molecule has 4 aromatic rings. The minimum atomic E-state index is -0.767. The Balaban J connectivity index is 1.08. The Labute approximate surface area is 307 Å². The average molecular weight is 727 g/mol. The number of ether oxygens (including phenoxy) is 3. The Kier molecular flexibility index (Phi) is 10.6. The number of hydrogen-bond donors (Lipinski definition) is 3. The summed E-state index contributed by atoms with van der Waals surface area (Å²) in [6.45, 7) is 4.74. The van der Waals surface area contributed by atoms with E-state index in [0.717, 1.165) is 47.1 Å². The number of hydrogen-bond acceptors (Lipinski definition) is 10. The van der Waals surface area contributed by atoms with Crippen LogP contribution in [0.3, 0.4) is 0 Å². The third kappa shape index (κ3) is 7.41. The molecule has 1 amide bonds. The lowest BCUT2D eigenvalue weighted by molar-refractivity contribution is -0.141. The second-order valence-electron chi connectivity index (χ2n) is 13.6.